The second kappa shape index (κ2) is 5.61. The summed E-state index contributed by atoms with van der Waals surface area (Å²) in [5.41, 5.74) is -0.598. The Balaban J connectivity index is 1.74. The summed E-state index contributed by atoms with van der Waals surface area (Å²) in [6.07, 6.45) is 7.83. The van der Waals surface area contributed by atoms with Crippen LogP contribution in [0.25, 0.3) is 0 Å². The van der Waals surface area contributed by atoms with Gasteiger partial charge in [-0.25, -0.2) is 0 Å². The van der Waals surface area contributed by atoms with Crippen LogP contribution in [-0.4, -0.2) is 32.8 Å². The molecule has 0 atom stereocenters. The van der Waals surface area contributed by atoms with Crippen molar-refractivity contribution < 1.29 is 15.0 Å². The molecular formula is C13H22O3S. The molecule has 0 aromatic rings. The zero-order valence-electron chi connectivity index (χ0n) is 10.2. The molecule has 2 N–H and O–H groups in total. The van der Waals surface area contributed by atoms with E-state index in [0.717, 1.165) is 11.0 Å². The largest absolute Gasteiger partial charge is 0.481 e. The number of carbonyl (C=O) groups is 1. The SMILES string of the molecule is O=C(O)C1CCC(O)(CSC2CCCC2)CC1. The van der Waals surface area contributed by atoms with Crippen molar-refractivity contribution in [3.8, 4) is 0 Å². The molecule has 0 aromatic carbocycles. The van der Waals surface area contributed by atoms with E-state index in [-0.39, 0.29) is 5.92 Å². The molecule has 0 spiro atoms. The monoisotopic (exact) mass is 258 g/mol. The first kappa shape index (κ1) is 13.2. The van der Waals surface area contributed by atoms with Crippen LogP contribution in [0.4, 0.5) is 0 Å². The van der Waals surface area contributed by atoms with Crippen LogP contribution in [0.2, 0.25) is 0 Å². The van der Waals surface area contributed by atoms with E-state index in [0.29, 0.717) is 25.7 Å². The fraction of sp³-hybridized carbons (Fsp3) is 0.923. The lowest BCUT2D eigenvalue weighted by atomic mass is 9.80. The molecule has 0 unspecified atom stereocenters. The molecule has 2 fully saturated rings. The Labute approximate surface area is 107 Å². The van der Waals surface area contributed by atoms with Crippen molar-refractivity contribution in [2.24, 2.45) is 5.92 Å². The summed E-state index contributed by atoms with van der Waals surface area (Å²) >= 11 is 1.90. The van der Waals surface area contributed by atoms with Crippen LogP contribution in [0.3, 0.4) is 0 Å². The summed E-state index contributed by atoms with van der Waals surface area (Å²) in [5, 5.41) is 20.1. The number of rotatable bonds is 4. The molecule has 0 radical (unpaired) electrons. The van der Waals surface area contributed by atoms with Gasteiger partial charge in [-0.3, -0.25) is 4.79 Å². The molecule has 4 heteroatoms. The molecule has 3 nitrogen and oxygen atoms in total. The number of carboxylic acid groups (broad SMARTS) is 1. The summed E-state index contributed by atoms with van der Waals surface area (Å²) in [5.74, 6) is -0.133. The van der Waals surface area contributed by atoms with E-state index in [4.69, 9.17) is 5.11 Å². The number of aliphatic hydroxyl groups is 1. The van der Waals surface area contributed by atoms with Crippen LogP contribution in [0.15, 0.2) is 0 Å². The van der Waals surface area contributed by atoms with Crippen molar-refractivity contribution in [2.45, 2.75) is 62.2 Å². The zero-order valence-corrected chi connectivity index (χ0v) is 11.0. The van der Waals surface area contributed by atoms with Crippen LogP contribution in [0.1, 0.15) is 51.4 Å². The van der Waals surface area contributed by atoms with E-state index in [1.54, 1.807) is 0 Å². The Hall–Kier alpha value is -0.220. The van der Waals surface area contributed by atoms with Crippen molar-refractivity contribution in [3.05, 3.63) is 0 Å². The summed E-state index contributed by atoms with van der Waals surface area (Å²) in [6.45, 7) is 0. The van der Waals surface area contributed by atoms with E-state index >= 15 is 0 Å². The molecule has 17 heavy (non-hydrogen) atoms. The van der Waals surface area contributed by atoms with E-state index in [9.17, 15) is 9.90 Å². The van der Waals surface area contributed by atoms with Crippen LogP contribution >= 0.6 is 11.8 Å². The zero-order chi connectivity index (χ0) is 12.3. The second-order valence-electron chi connectivity index (χ2n) is 5.55. The van der Waals surface area contributed by atoms with Gasteiger partial charge < -0.3 is 10.2 Å². The third-order valence-electron chi connectivity index (χ3n) is 4.16. The van der Waals surface area contributed by atoms with E-state index in [1.807, 2.05) is 11.8 Å². The lowest BCUT2D eigenvalue weighted by Crippen LogP contribution is -2.38. The minimum Gasteiger partial charge on any atom is -0.481 e. The normalized spacial score (nSPS) is 35.0. The Morgan fingerprint density at radius 1 is 1.18 bits per heavy atom. The Bertz CT molecular complexity index is 266. The maximum atomic E-state index is 10.8. The number of thioether (sulfide) groups is 1. The molecular weight excluding hydrogens is 236 g/mol. The fourth-order valence-electron chi connectivity index (χ4n) is 2.87. The Kier molecular flexibility index (Phi) is 4.36. The molecule has 0 aromatic heterocycles. The maximum Gasteiger partial charge on any atom is 0.306 e. The van der Waals surface area contributed by atoms with Crippen LogP contribution < -0.4 is 0 Å². The molecule has 0 saturated heterocycles. The predicted molar refractivity (Wildman–Crippen MR) is 69.3 cm³/mol. The average molecular weight is 258 g/mol. The lowest BCUT2D eigenvalue weighted by molar-refractivity contribution is -0.144. The molecule has 98 valence electrons. The fourth-order valence-corrected chi connectivity index (χ4v) is 4.38. The molecule has 2 aliphatic rings. The number of carboxylic acids is 1. The van der Waals surface area contributed by atoms with Gasteiger partial charge in [0.25, 0.3) is 0 Å². The highest BCUT2D eigenvalue weighted by molar-refractivity contribution is 8.00. The maximum absolute atomic E-state index is 10.8. The van der Waals surface area contributed by atoms with Crippen molar-refractivity contribution in [3.63, 3.8) is 0 Å². The van der Waals surface area contributed by atoms with Crippen molar-refractivity contribution >= 4 is 17.7 Å². The quantitative estimate of drug-likeness (QED) is 0.814. The molecule has 0 heterocycles. The molecule has 0 bridgehead atoms. The van der Waals surface area contributed by atoms with Crippen LogP contribution in [-0.2, 0) is 4.79 Å². The van der Waals surface area contributed by atoms with Gasteiger partial charge in [-0.05, 0) is 38.5 Å². The van der Waals surface area contributed by atoms with Gasteiger partial charge in [0.1, 0.15) is 0 Å². The molecule has 0 aliphatic heterocycles. The van der Waals surface area contributed by atoms with E-state index in [1.165, 1.54) is 25.7 Å². The first-order valence-electron chi connectivity index (χ1n) is 6.66. The van der Waals surface area contributed by atoms with Gasteiger partial charge >= 0.3 is 5.97 Å². The summed E-state index contributed by atoms with van der Waals surface area (Å²) in [7, 11) is 0. The molecule has 2 saturated carbocycles. The highest BCUT2D eigenvalue weighted by Crippen LogP contribution is 2.38. The first-order valence-corrected chi connectivity index (χ1v) is 7.71. The van der Waals surface area contributed by atoms with Gasteiger partial charge in [-0.1, -0.05) is 12.8 Å². The minimum absolute atomic E-state index is 0.230. The summed E-state index contributed by atoms with van der Waals surface area (Å²) < 4.78 is 0. The predicted octanol–water partition coefficient (Wildman–Crippen LogP) is 2.67. The van der Waals surface area contributed by atoms with Crippen molar-refractivity contribution in [1.29, 1.82) is 0 Å². The van der Waals surface area contributed by atoms with Gasteiger partial charge in [0.15, 0.2) is 0 Å². The second-order valence-corrected chi connectivity index (χ2v) is 6.84. The van der Waals surface area contributed by atoms with Gasteiger partial charge in [-0.15, -0.1) is 0 Å². The number of hydrogen-bond donors (Lipinski definition) is 2. The van der Waals surface area contributed by atoms with Crippen LogP contribution in [0.5, 0.6) is 0 Å². The average Bonchev–Trinajstić information content (AvgIpc) is 2.80. The molecule has 2 aliphatic carbocycles. The molecule has 0 amide bonds. The smallest absolute Gasteiger partial charge is 0.306 e. The van der Waals surface area contributed by atoms with Crippen molar-refractivity contribution in [1.82, 2.24) is 0 Å². The minimum atomic E-state index is -0.699. The summed E-state index contributed by atoms with van der Waals surface area (Å²) in [4.78, 5) is 10.8. The Morgan fingerprint density at radius 2 is 1.76 bits per heavy atom. The van der Waals surface area contributed by atoms with Gasteiger partial charge in [0.05, 0.1) is 11.5 Å². The number of hydrogen-bond acceptors (Lipinski definition) is 3. The third-order valence-corrected chi connectivity index (χ3v) is 5.80. The first-order chi connectivity index (χ1) is 8.09. The van der Waals surface area contributed by atoms with E-state index in [2.05, 4.69) is 0 Å². The van der Waals surface area contributed by atoms with Gasteiger partial charge in [0, 0.05) is 11.0 Å². The van der Waals surface area contributed by atoms with Gasteiger partial charge in [0.2, 0.25) is 0 Å². The highest BCUT2D eigenvalue weighted by atomic mass is 32.2. The topological polar surface area (TPSA) is 57.5 Å². The van der Waals surface area contributed by atoms with Gasteiger partial charge in [-0.2, -0.15) is 11.8 Å². The third kappa shape index (κ3) is 3.62. The van der Waals surface area contributed by atoms with E-state index < -0.39 is 11.6 Å². The Morgan fingerprint density at radius 3 is 2.29 bits per heavy atom. The lowest BCUT2D eigenvalue weighted by Gasteiger charge is -2.35. The number of aliphatic carboxylic acids is 1. The standard InChI is InChI=1S/C13H22O3S/c14-12(15)10-5-7-13(16,8-6-10)9-17-11-3-1-2-4-11/h10-11,16H,1-9H2,(H,14,15). The summed E-state index contributed by atoms with van der Waals surface area (Å²) in [6, 6.07) is 0. The van der Waals surface area contributed by atoms with Crippen LogP contribution in [0, 0.1) is 5.92 Å². The molecule has 2 rings (SSSR count). The highest BCUT2D eigenvalue weighted by Gasteiger charge is 2.36. The van der Waals surface area contributed by atoms with Crippen molar-refractivity contribution in [2.75, 3.05) is 5.75 Å².